The van der Waals surface area contributed by atoms with E-state index in [-0.39, 0.29) is 0 Å². The lowest BCUT2D eigenvalue weighted by molar-refractivity contribution is 0.237. The van der Waals surface area contributed by atoms with Gasteiger partial charge in [-0.05, 0) is 74.0 Å². The Hall–Kier alpha value is -4.56. The SMILES string of the molecule is c1cncc(-c2nccc3[nH]c(-c4n[nH]c5ccc(-c6cncc(OCCN7CCCC7)c6)cc45)cc23)c1. The smallest absolute Gasteiger partial charge is 0.138 e. The monoisotopic (exact) mass is 501 g/mol. The van der Waals surface area contributed by atoms with Crippen molar-refractivity contribution in [2.45, 2.75) is 12.8 Å². The summed E-state index contributed by atoms with van der Waals surface area (Å²) in [6.45, 7) is 3.97. The summed E-state index contributed by atoms with van der Waals surface area (Å²) in [4.78, 5) is 19.3. The molecule has 0 aliphatic carbocycles. The molecule has 2 N–H and O–H groups in total. The summed E-state index contributed by atoms with van der Waals surface area (Å²) in [5, 5.41) is 9.91. The third-order valence-electron chi connectivity index (χ3n) is 7.22. The van der Waals surface area contributed by atoms with Gasteiger partial charge in [-0.25, -0.2) is 0 Å². The van der Waals surface area contributed by atoms with Crippen LogP contribution in [-0.2, 0) is 0 Å². The topological polar surface area (TPSA) is 95.6 Å². The Morgan fingerprint density at radius 1 is 0.789 bits per heavy atom. The van der Waals surface area contributed by atoms with Crippen LogP contribution >= 0.6 is 0 Å². The van der Waals surface area contributed by atoms with Crippen LogP contribution in [0, 0.1) is 0 Å². The minimum Gasteiger partial charge on any atom is -0.491 e. The number of hydrogen-bond donors (Lipinski definition) is 2. The molecule has 0 unspecified atom stereocenters. The molecule has 1 aliphatic heterocycles. The molecule has 0 atom stereocenters. The molecule has 0 saturated carbocycles. The van der Waals surface area contributed by atoms with E-state index in [9.17, 15) is 0 Å². The summed E-state index contributed by atoms with van der Waals surface area (Å²) >= 11 is 0. The maximum Gasteiger partial charge on any atom is 0.138 e. The molecular weight excluding hydrogens is 474 g/mol. The van der Waals surface area contributed by atoms with Crippen LogP contribution in [0.25, 0.3) is 55.6 Å². The number of ether oxygens (including phenoxy) is 1. The maximum absolute atomic E-state index is 6.04. The van der Waals surface area contributed by atoms with Crippen molar-refractivity contribution in [3.63, 3.8) is 0 Å². The van der Waals surface area contributed by atoms with Gasteiger partial charge in [0.1, 0.15) is 18.1 Å². The zero-order valence-electron chi connectivity index (χ0n) is 20.9. The van der Waals surface area contributed by atoms with E-state index in [4.69, 9.17) is 4.74 Å². The number of hydrogen-bond acceptors (Lipinski definition) is 6. The van der Waals surface area contributed by atoms with Gasteiger partial charge in [-0.1, -0.05) is 6.07 Å². The van der Waals surface area contributed by atoms with Gasteiger partial charge in [-0.2, -0.15) is 5.10 Å². The minimum atomic E-state index is 0.673. The highest BCUT2D eigenvalue weighted by Crippen LogP contribution is 2.34. The van der Waals surface area contributed by atoms with Crippen LogP contribution in [0.4, 0.5) is 0 Å². The Morgan fingerprint density at radius 3 is 2.58 bits per heavy atom. The number of H-pyrrole nitrogens is 2. The molecule has 38 heavy (non-hydrogen) atoms. The van der Waals surface area contributed by atoms with Gasteiger partial charge in [-0.3, -0.25) is 25.0 Å². The summed E-state index contributed by atoms with van der Waals surface area (Å²) in [5.74, 6) is 0.792. The van der Waals surface area contributed by atoms with E-state index in [1.165, 1.54) is 25.9 Å². The van der Waals surface area contributed by atoms with Crippen molar-refractivity contribution in [1.82, 2.24) is 35.0 Å². The van der Waals surface area contributed by atoms with E-state index in [0.717, 1.165) is 67.9 Å². The predicted molar refractivity (Wildman–Crippen MR) is 149 cm³/mol. The fourth-order valence-corrected chi connectivity index (χ4v) is 5.27. The fraction of sp³-hybridized carbons (Fsp3) is 0.200. The van der Waals surface area contributed by atoms with E-state index in [2.05, 4.69) is 65.4 Å². The van der Waals surface area contributed by atoms with Gasteiger partial charge < -0.3 is 9.72 Å². The number of rotatable bonds is 7. The molecule has 1 saturated heterocycles. The Morgan fingerprint density at radius 2 is 1.68 bits per heavy atom. The zero-order chi connectivity index (χ0) is 25.3. The highest BCUT2D eigenvalue weighted by molar-refractivity contribution is 6.00. The standard InChI is InChI=1S/C30H27N7O/c1-2-11-37(10-1)12-13-38-23-14-22(18-32-19-23)20-5-6-27-24(15-20)30(36-35-27)28-16-25-26(34-28)7-9-33-29(25)21-4-3-8-31-17-21/h3-9,14-19,34H,1-2,10-13H2,(H,35,36). The molecule has 8 nitrogen and oxygen atoms in total. The predicted octanol–water partition coefficient (Wildman–Crippen LogP) is 5.70. The van der Waals surface area contributed by atoms with E-state index in [1.54, 1.807) is 12.4 Å². The number of aromatic amines is 2. The summed E-state index contributed by atoms with van der Waals surface area (Å²) in [6.07, 6.45) is 11.7. The number of benzene rings is 1. The van der Waals surface area contributed by atoms with Crippen molar-refractivity contribution in [2.75, 3.05) is 26.2 Å². The Bertz CT molecular complexity index is 1720. The molecule has 1 aliphatic rings. The fourth-order valence-electron chi connectivity index (χ4n) is 5.27. The van der Waals surface area contributed by atoms with Gasteiger partial charge in [0, 0.05) is 58.7 Å². The average molecular weight is 502 g/mol. The van der Waals surface area contributed by atoms with E-state index in [1.807, 2.05) is 36.8 Å². The first-order valence-corrected chi connectivity index (χ1v) is 13.0. The van der Waals surface area contributed by atoms with Crippen LogP contribution in [0.3, 0.4) is 0 Å². The molecule has 188 valence electrons. The molecule has 6 aromatic rings. The third-order valence-corrected chi connectivity index (χ3v) is 7.22. The van der Waals surface area contributed by atoms with Crippen molar-refractivity contribution in [3.8, 4) is 39.5 Å². The van der Waals surface area contributed by atoms with Crippen LogP contribution in [0.15, 0.2) is 79.5 Å². The Balaban J connectivity index is 1.20. The number of likely N-dealkylation sites (tertiary alicyclic amines) is 1. The third kappa shape index (κ3) is 4.29. The number of aromatic nitrogens is 6. The molecule has 0 radical (unpaired) electrons. The van der Waals surface area contributed by atoms with Gasteiger partial charge in [0.05, 0.1) is 23.1 Å². The normalized spacial score (nSPS) is 14.0. The highest BCUT2D eigenvalue weighted by atomic mass is 16.5. The van der Waals surface area contributed by atoms with E-state index in [0.29, 0.717) is 6.61 Å². The molecule has 1 aromatic carbocycles. The first-order chi connectivity index (χ1) is 18.8. The summed E-state index contributed by atoms with van der Waals surface area (Å²) in [7, 11) is 0. The van der Waals surface area contributed by atoms with Crippen molar-refractivity contribution >= 4 is 21.8 Å². The number of fused-ring (bicyclic) bond motifs is 2. The van der Waals surface area contributed by atoms with Crippen LogP contribution in [0.2, 0.25) is 0 Å². The molecule has 0 spiro atoms. The van der Waals surface area contributed by atoms with Crippen LogP contribution in [0.5, 0.6) is 5.75 Å². The average Bonchev–Trinajstić information content (AvgIpc) is 3.73. The lowest BCUT2D eigenvalue weighted by Gasteiger charge is -2.15. The number of nitrogens with one attached hydrogen (secondary N) is 2. The molecule has 8 heteroatoms. The molecule has 5 aromatic heterocycles. The van der Waals surface area contributed by atoms with E-state index < -0.39 is 0 Å². The number of nitrogens with zero attached hydrogens (tertiary/aromatic N) is 5. The largest absolute Gasteiger partial charge is 0.491 e. The first kappa shape index (κ1) is 22.6. The van der Waals surface area contributed by atoms with Gasteiger partial charge in [0.25, 0.3) is 0 Å². The second-order valence-electron chi connectivity index (χ2n) is 9.68. The van der Waals surface area contributed by atoms with Gasteiger partial charge in [0.15, 0.2) is 0 Å². The molecule has 0 amide bonds. The zero-order valence-corrected chi connectivity index (χ0v) is 20.9. The molecular formula is C30H27N7O. The lowest BCUT2D eigenvalue weighted by atomic mass is 10.0. The maximum atomic E-state index is 6.04. The second kappa shape index (κ2) is 9.72. The minimum absolute atomic E-state index is 0.673. The van der Waals surface area contributed by atoms with Gasteiger partial charge >= 0.3 is 0 Å². The lowest BCUT2D eigenvalue weighted by Crippen LogP contribution is -2.25. The number of pyridine rings is 3. The van der Waals surface area contributed by atoms with Crippen molar-refractivity contribution in [2.24, 2.45) is 0 Å². The van der Waals surface area contributed by atoms with Crippen LogP contribution < -0.4 is 4.74 Å². The Kier molecular flexibility index (Phi) is 5.79. The second-order valence-corrected chi connectivity index (χ2v) is 9.68. The van der Waals surface area contributed by atoms with Crippen molar-refractivity contribution < 1.29 is 4.74 Å². The van der Waals surface area contributed by atoms with Crippen LogP contribution in [0.1, 0.15) is 12.8 Å². The first-order valence-electron chi connectivity index (χ1n) is 13.0. The van der Waals surface area contributed by atoms with Crippen LogP contribution in [-0.4, -0.2) is 61.3 Å². The Labute approximate surface area is 219 Å². The molecule has 7 rings (SSSR count). The quantitative estimate of drug-likeness (QED) is 0.291. The van der Waals surface area contributed by atoms with Gasteiger partial charge in [0.2, 0.25) is 0 Å². The highest BCUT2D eigenvalue weighted by Gasteiger charge is 2.15. The summed E-state index contributed by atoms with van der Waals surface area (Å²) in [5.41, 5.74) is 7.71. The summed E-state index contributed by atoms with van der Waals surface area (Å²) in [6, 6.07) is 16.4. The molecule has 0 bridgehead atoms. The summed E-state index contributed by atoms with van der Waals surface area (Å²) < 4.78 is 6.04. The van der Waals surface area contributed by atoms with Gasteiger partial charge in [-0.15, -0.1) is 0 Å². The van der Waals surface area contributed by atoms with Crippen molar-refractivity contribution in [3.05, 3.63) is 79.5 Å². The molecule has 6 heterocycles. The van der Waals surface area contributed by atoms with Crippen molar-refractivity contribution in [1.29, 1.82) is 0 Å². The van der Waals surface area contributed by atoms with E-state index >= 15 is 0 Å². The molecule has 1 fully saturated rings.